The Balaban J connectivity index is 2.24. The first-order valence-corrected chi connectivity index (χ1v) is 6.08. The van der Waals surface area contributed by atoms with Gasteiger partial charge in [-0.05, 0) is 46.6 Å². The highest BCUT2D eigenvalue weighted by atomic mass is 79.9. The Morgan fingerprint density at radius 3 is 2.71 bits per heavy atom. The van der Waals surface area contributed by atoms with Crippen LogP contribution in [0.25, 0.3) is 16.9 Å². The predicted octanol–water partition coefficient (Wildman–Crippen LogP) is 3.47. The van der Waals surface area contributed by atoms with Crippen LogP contribution in [0.1, 0.15) is 5.56 Å². The average Bonchev–Trinajstić information content (AvgIpc) is 2.74. The third-order valence-electron chi connectivity index (χ3n) is 2.62. The monoisotopic (exact) mass is 287 g/mol. The zero-order valence-corrected chi connectivity index (χ0v) is 10.8. The molecule has 0 aliphatic carbocycles. The SMILES string of the molecule is Cc1cc(Br)c2nc(-c3ccncc3)cn2c1. The molecule has 0 spiro atoms. The molecular weight excluding hydrogens is 278 g/mol. The lowest BCUT2D eigenvalue weighted by atomic mass is 10.2. The summed E-state index contributed by atoms with van der Waals surface area (Å²) in [5, 5.41) is 0. The summed E-state index contributed by atoms with van der Waals surface area (Å²) in [7, 11) is 0. The molecule has 0 bridgehead atoms. The van der Waals surface area contributed by atoms with Crippen LogP contribution in [0, 0.1) is 6.92 Å². The number of aromatic nitrogens is 3. The second kappa shape index (κ2) is 3.96. The van der Waals surface area contributed by atoms with Gasteiger partial charge in [-0.15, -0.1) is 0 Å². The Kier molecular flexibility index (Phi) is 2.44. The smallest absolute Gasteiger partial charge is 0.151 e. The normalized spacial score (nSPS) is 10.9. The highest BCUT2D eigenvalue weighted by Gasteiger charge is 2.07. The Bertz CT molecular complexity index is 674. The number of rotatable bonds is 1. The minimum Gasteiger partial charge on any atom is -0.305 e. The molecule has 0 aromatic carbocycles. The molecule has 0 N–H and O–H groups in total. The van der Waals surface area contributed by atoms with Crippen molar-refractivity contribution in [3.8, 4) is 11.3 Å². The highest BCUT2D eigenvalue weighted by molar-refractivity contribution is 9.10. The van der Waals surface area contributed by atoms with E-state index in [1.807, 2.05) is 22.7 Å². The number of imidazole rings is 1. The summed E-state index contributed by atoms with van der Waals surface area (Å²) < 4.78 is 3.05. The van der Waals surface area contributed by atoms with E-state index in [2.05, 4.69) is 45.1 Å². The molecule has 3 aromatic heterocycles. The molecular formula is C13H10BrN3. The van der Waals surface area contributed by atoms with Crippen LogP contribution in [0.5, 0.6) is 0 Å². The predicted molar refractivity (Wildman–Crippen MR) is 70.9 cm³/mol. The summed E-state index contributed by atoms with van der Waals surface area (Å²) in [6, 6.07) is 5.99. The molecule has 0 fully saturated rings. The van der Waals surface area contributed by atoms with Gasteiger partial charge in [0.1, 0.15) is 0 Å². The second-order valence-electron chi connectivity index (χ2n) is 3.96. The van der Waals surface area contributed by atoms with Crippen molar-refractivity contribution in [3.63, 3.8) is 0 Å². The number of halogens is 1. The Labute approximate surface area is 107 Å². The molecule has 3 nitrogen and oxygen atoms in total. The van der Waals surface area contributed by atoms with Crippen LogP contribution in [0.2, 0.25) is 0 Å². The van der Waals surface area contributed by atoms with Crippen LogP contribution in [0.3, 0.4) is 0 Å². The Morgan fingerprint density at radius 2 is 1.94 bits per heavy atom. The van der Waals surface area contributed by atoms with Gasteiger partial charge in [0, 0.05) is 30.4 Å². The third kappa shape index (κ3) is 1.85. The first kappa shape index (κ1) is 10.5. The molecule has 0 aliphatic heterocycles. The number of hydrogen-bond acceptors (Lipinski definition) is 2. The van der Waals surface area contributed by atoms with Crippen LogP contribution in [0.4, 0.5) is 0 Å². The molecule has 4 heteroatoms. The summed E-state index contributed by atoms with van der Waals surface area (Å²) in [5.74, 6) is 0. The molecule has 3 heterocycles. The third-order valence-corrected chi connectivity index (χ3v) is 3.20. The lowest BCUT2D eigenvalue weighted by molar-refractivity contribution is 1.15. The van der Waals surface area contributed by atoms with Gasteiger partial charge in [0.05, 0.1) is 10.2 Å². The maximum Gasteiger partial charge on any atom is 0.151 e. The van der Waals surface area contributed by atoms with Crippen LogP contribution in [0.15, 0.2) is 47.5 Å². The molecule has 84 valence electrons. The summed E-state index contributed by atoms with van der Waals surface area (Å²) in [6.45, 7) is 2.07. The number of nitrogens with zero attached hydrogens (tertiary/aromatic N) is 3. The van der Waals surface area contributed by atoms with Gasteiger partial charge in [0.15, 0.2) is 5.65 Å². The molecule has 0 atom stereocenters. The Hall–Kier alpha value is -1.68. The molecule has 0 saturated carbocycles. The summed E-state index contributed by atoms with van der Waals surface area (Å²) in [4.78, 5) is 8.62. The maximum absolute atomic E-state index is 4.61. The quantitative estimate of drug-likeness (QED) is 0.686. The van der Waals surface area contributed by atoms with E-state index >= 15 is 0 Å². The van der Waals surface area contributed by atoms with Crippen molar-refractivity contribution in [2.45, 2.75) is 6.92 Å². The molecule has 0 radical (unpaired) electrons. The van der Waals surface area contributed by atoms with Gasteiger partial charge in [-0.1, -0.05) is 0 Å². The number of hydrogen-bond donors (Lipinski definition) is 0. The number of pyridine rings is 2. The van der Waals surface area contributed by atoms with Crippen molar-refractivity contribution in [2.75, 3.05) is 0 Å². The van der Waals surface area contributed by atoms with Gasteiger partial charge >= 0.3 is 0 Å². The summed E-state index contributed by atoms with van der Waals surface area (Å²) in [6.07, 6.45) is 7.65. The van der Waals surface area contributed by atoms with Crippen LogP contribution in [-0.2, 0) is 0 Å². The molecule has 0 saturated heterocycles. The van der Waals surface area contributed by atoms with Gasteiger partial charge in [-0.3, -0.25) is 4.98 Å². The fourth-order valence-corrected chi connectivity index (χ4v) is 2.51. The van der Waals surface area contributed by atoms with Gasteiger partial charge in [0.25, 0.3) is 0 Å². The molecule has 0 amide bonds. The van der Waals surface area contributed by atoms with Gasteiger partial charge in [-0.2, -0.15) is 0 Å². The number of fused-ring (bicyclic) bond motifs is 1. The Morgan fingerprint density at radius 1 is 1.18 bits per heavy atom. The van der Waals surface area contributed by atoms with Crippen molar-refractivity contribution < 1.29 is 0 Å². The fourth-order valence-electron chi connectivity index (χ4n) is 1.85. The van der Waals surface area contributed by atoms with E-state index in [0.717, 1.165) is 21.4 Å². The fraction of sp³-hybridized carbons (Fsp3) is 0.0769. The van der Waals surface area contributed by atoms with Crippen molar-refractivity contribution in [3.05, 3.63) is 53.0 Å². The van der Waals surface area contributed by atoms with E-state index in [4.69, 9.17) is 0 Å². The van der Waals surface area contributed by atoms with Gasteiger partial charge < -0.3 is 4.40 Å². The van der Waals surface area contributed by atoms with Crippen molar-refractivity contribution in [1.29, 1.82) is 0 Å². The average molecular weight is 288 g/mol. The van der Waals surface area contributed by atoms with Gasteiger partial charge in [-0.25, -0.2) is 4.98 Å². The highest BCUT2D eigenvalue weighted by Crippen LogP contribution is 2.23. The van der Waals surface area contributed by atoms with Crippen LogP contribution in [-0.4, -0.2) is 14.4 Å². The van der Waals surface area contributed by atoms with E-state index in [1.54, 1.807) is 12.4 Å². The van der Waals surface area contributed by atoms with E-state index < -0.39 is 0 Å². The lowest BCUT2D eigenvalue weighted by Crippen LogP contribution is -1.85. The summed E-state index contributed by atoms with van der Waals surface area (Å²) >= 11 is 3.54. The molecule has 0 unspecified atom stereocenters. The van der Waals surface area contributed by atoms with Crippen molar-refractivity contribution in [2.24, 2.45) is 0 Å². The molecule has 17 heavy (non-hydrogen) atoms. The van der Waals surface area contributed by atoms with Gasteiger partial charge in [0.2, 0.25) is 0 Å². The zero-order chi connectivity index (χ0) is 11.8. The first-order valence-electron chi connectivity index (χ1n) is 5.29. The van der Waals surface area contributed by atoms with Crippen LogP contribution < -0.4 is 0 Å². The van der Waals surface area contributed by atoms with Crippen molar-refractivity contribution in [1.82, 2.24) is 14.4 Å². The molecule has 3 rings (SSSR count). The molecule has 0 aliphatic rings. The van der Waals surface area contributed by atoms with E-state index in [1.165, 1.54) is 5.56 Å². The molecule has 3 aromatic rings. The van der Waals surface area contributed by atoms with E-state index in [9.17, 15) is 0 Å². The van der Waals surface area contributed by atoms with E-state index in [-0.39, 0.29) is 0 Å². The largest absolute Gasteiger partial charge is 0.305 e. The van der Waals surface area contributed by atoms with E-state index in [0.29, 0.717) is 0 Å². The first-order chi connectivity index (χ1) is 8.24. The maximum atomic E-state index is 4.61. The van der Waals surface area contributed by atoms with Crippen LogP contribution >= 0.6 is 15.9 Å². The summed E-state index contributed by atoms with van der Waals surface area (Å²) in [5.41, 5.74) is 4.16. The number of aryl methyl sites for hydroxylation is 1. The van der Waals surface area contributed by atoms with Crippen molar-refractivity contribution >= 4 is 21.6 Å². The zero-order valence-electron chi connectivity index (χ0n) is 9.26. The standard InChI is InChI=1S/C13H10BrN3/c1-9-6-11(14)13-16-12(8-17(13)7-9)10-2-4-15-5-3-10/h2-8H,1H3. The second-order valence-corrected chi connectivity index (χ2v) is 4.81. The topological polar surface area (TPSA) is 30.2 Å². The lowest BCUT2D eigenvalue weighted by Gasteiger charge is -1.97. The minimum atomic E-state index is 0.933. The minimum absolute atomic E-state index is 0.933.